The molecule has 0 saturated heterocycles. The molecular weight excluding hydrogens is 594 g/mol. The number of thiocarbonyl (C=S) groups is 1. The maximum atomic E-state index is 14.1. The summed E-state index contributed by atoms with van der Waals surface area (Å²) in [4.78, 5) is 40.9. The Morgan fingerprint density at radius 2 is 1.68 bits per heavy atom. The number of methoxy groups -OCH3 is 1. The number of ether oxygens (including phenoxy) is 2. The van der Waals surface area contributed by atoms with Crippen molar-refractivity contribution in [3.05, 3.63) is 64.4 Å². The van der Waals surface area contributed by atoms with Crippen LogP contribution in [0.4, 0.5) is 5.69 Å². The summed E-state index contributed by atoms with van der Waals surface area (Å²) in [5, 5.41) is 59.8. The lowest BCUT2D eigenvalue weighted by molar-refractivity contribution is -0.169. The number of hydrogen-bond donors (Lipinski definition) is 7. The van der Waals surface area contributed by atoms with Gasteiger partial charge in [-0.1, -0.05) is 13.0 Å². The number of rotatable bonds is 5. The van der Waals surface area contributed by atoms with E-state index < -0.39 is 81.4 Å². The molecule has 6 atom stereocenters. The Morgan fingerprint density at radius 3 is 2.25 bits per heavy atom. The number of carbonyl (C=O) groups is 3. The summed E-state index contributed by atoms with van der Waals surface area (Å²) in [5.41, 5.74) is 1.04. The molecule has 8 N–H and O–H groups in total. The number of nitrogens with zero attached hydrogens (tertiary/aromatic N) is 1. The van der Waals surface area contributed by atoms with Gasteiger partial charge in [0.1, 0.15) is 34.3 Å². The highest BCUT2D eigenvalue weighted by molar-refractivity contribution is 7.80. The first-order valence-corrected chi connectivity index (χ1v) is 13.9. The molecule has 1 saturated carbocycles. The topological polar surface area (TPSA) is 212 Å². The first kappa shape index (κ1) is 30.9. The number of anilines is 1. The minimum atomic E-state index is -3.00. The molecule has 3 aliphatic rings. The molecule has 5 rings (SSSR count). The fourth-order valence-electron chi connectivity index (χ4n) is 6.60. The monoisotopic (exact) mass is 625 g/mol. The van der Waals surface area contributed by atoms with Crippen LogP contribution in [0.5, 0.6) is 17.2 Å². The van der Waals surface area contributed by atoms with Crippen LogP contribution in [0.2, 0.25) is 0 Å². The number of fused-ring (bicyclic) bond motifs is 3. The van der Waals surface area contributed by atoms with Gasteiger partial charge in [-0.15, -0.1) is 0 Å². The number of aromatic hydroxyl groups is 1. The minimum absolute atomic E-state index is 0.00940. The molecule has 0 radical (unpaired) electrons. The van der Waals surface area contributed by atoms with Gasteiger partial charge in [-0.2, -0.15) is 0 Å². The number of ketones is 2. The molecule has 1 amide bonds. The van der Waals surface area contributed by atoms with Gasteiger partial charge >= 0.3 is 0 Å². The van der Waals surface area contributed by atoms with Crippen molar-refractivity contribution in [3.8, 4) is 17.2 Å². The summed E-state index contributed by atoms with van der Waals surface area (Å²) in [6.45, 7) is 1.64. The lowest BCUT2D eigenvalue weighted by Gasteiger charge is -2.53. The number of Topliss-reactive ketones (excluding diaryl/α,β-unsaturated/α-hetero) is 2. The fourth-order valence-corrected chi connectivity index (χ4v) is 6.81. The molecule has 13 nitrogen and oxygen atoms in total. The number of phenolic OH excluding ortho intramolecular Hbond substituents is 1. The maximum absolute atomic E-state index is 14.1. The van der Waals surface area contributed by atoms with E-state index >= 15 is 0 Å². The van der Waals surface area contributed by atoms with Crippen LogP contribution in [0.1, 0.15) is 24.0 Å². The summed E-state index contributed by atoms with van der Waals surface area (Å²) in [5.74, 6) is -8.76. The molecule has 0 heterocycles. The van der Waals surface area contributed by atoms with Crippen molar-refractivity contribution in [2.45, 2.75) is 30.6 Å². The van der Waals surface area contributed by atoms with E-state index in [4.69, 9.17) is 27.4 Å². The van der Waals surface area contributed by atoms with Gasteiger partial charge in [0.05, 0.1) is 36.4 Å². The van der Waals surface area contributed by atoms with Crippen LogP contribution < -0.4 is 20.5 Å². The van der Waals surface area contributed by atoms with Crippen molar-refractivity contribution >= 4 is 46.3 Å². The zero-order valence-electron chi connectivity index (χ0n) is 24.1. The first-order chi connectivity index (χ1) is 20.7. The Hall–Kier alpha value is -4.50. The van der Waals surface area contributed by atoms with E-state index in [1.165, 1.54) is 32.2 Å². The molecule has 2 aromatic rings. The van der Waals surface area contributed by atoms with Crippen LogP contribution in [-0.2, 0) is 14.4 Å². The number of carbonyl (C=O) groups excluding carboxylic acids is 3. The van der Waals surface area contributed by atoms with Crippen molar-refractivity contribution in [1.29, 1.82) is 0 Å². The molecule has 1 fully saturated rings. The Morgan fingerprint density at radius 1 is 1.07 bits per heavy atom. The van der Waals surface area contributed by atoms with Gasteiger partial charge in [0, 0.05) is 11.5 Å². The maximum Gasteiger partial charge on any atom is 0.266 e. The molecule has 0 aliphatic heterocycles. The third-order valence-electron chi connectivity index (χ3n) is 8.64. The van der Waals surface area contributed by atoms with Crippen molar-refractivity contribution in [3.63, 3.8) is 0 Å². The highest BCUT2D eigenvalue weighted by Gasteiger charge is 2.68. The van der Waals surface area contributed by atoms with Crippen LogP contribution in [0.25, 0.3) is 5.76 Å². The van der Waals surface area contributed by atoms with E-state index in [-0.39, 0.29) is 16.4 Å². The zero-order chi connectivity index (χ0) is 32.4. The normalized spacial score (nSPS) is 27.8. The van der Waals surface area contributed by atoms with E-state index in [1.807, 2.05) is 0 Å². The molecule has 44 heavy (non-hydrogen) atoms. The second-order valence-corrected chi connectivity index (χ2v) is 11.5. The summed E-state index contributed by atoms with van der Waals surface area (Å²) >= 11 is 5.27. The molecule has 232 valence electrons. The van der Waals surface area contributed by atoms with Gasteiger partial charge in [-0.05, 0) is 68.1 Å². The summed E-state index contributed by atoms with van der Waals surface area (Å²) < 4.78 is 10.7. The smallest absolute Gasteiger partial charge is 0.266 e. The molecule has 2 aromatic carbocycles. The molecular formula is C30H31N3O10S. The summed E-state index contributed by atoms with van der Waals surface area (Å²) in [7, 11) is 4.40. The molecule has 3 unspecified atom stereocenters. The Bertz CT molecular complexity index is 1670. The number of phenols is 1. The molecule has 0 spiro atoms. The predicted molar refractivity (Wildman–Crippen MR) is 160 cm³/mol. The molecule has 14 heteroatoms. The van der Waals surface area contributed by atoms with E-state index in [2.05, 4.69) is 5.32 Å². The Kier molecular flexibility index (Phi) is 7.66. The molecule has 3 aliphatic carbocycles. The number of nitrogens with one attached hydrogen (secondary N) is 1. The average Bonchev–Trinajstić information content (AvgIpc) is 2.96. The number of primary amides is 1. The first-order valence-electron chi connectivity index (χ1n) is 13.5. The van der Waals surface area contributed by atoms with Gasteiger partial charge < -0.3 is 46.1 Å². The van der Waals surface area contributed by atoms with Crippen LogP contribution >= 0.6 is 12.2 Å². The third-order valence-corrected chi connectivity index (χ3v) is 8.82. The second kappa shape index (κ2) is 10.9. The number of likely N-dealkylation sites (N-methyl/N-ethyl adjacent to an activating group) is 1. The van der Waals surface area contributed by atoms with Gasteiger partial charge in [0.15, 0.2) is 11.4 Å². The van der Waals surface area contributed by atoms with Crippen molar-refractivity contribution in [2.24, 2.45) is 17.6 Å². The number of amides is 1. The predicted octanol–water partition coefficient (Wildman–Crippen LogP) is 1.28. The van der Waals surface area contributed by atoms with Crippen molar-refractivity contribution < 1.29 is 49.4 Å². The van der Waals surface area contributed by atoms with Crippen LogP contribution in [0.15, 0.2) is 53.3 Å². The largest absolute Gasteiger partial charge is 0.508 e. The van der Waals surface area contributed by atoms with Crippen LogP contribution in [0.3, 0.4) is 0 Å². The third kappa shape index (κ3) is 4.40. The lowest BCUT2D eigenvalue weighted by Crippen LogP contribution is -2.70. The number of aliphatic hydroxyl groups is 4. The van der Waals surface area contributed by atoms with Gasteiger partial charge in [-0.3, -0.25) is 19.3 Å². The number of nitrogens with two attached hydrogens (primary N) is 1. The SMILES string of the molecule is COc1ccc(OC(=S)Nc2ccc3c(c2O)C(O)=C2C(=O)[C@]4(O)C(O)=C(C(N)=O)C(=O)[C@@H](N(C)C)C4C(O)C2[C@H]3C)cc1. The number of aliphatic hydroxyl groups excluding tert-OH is 3. The van der Waals surface area contributed by atoms with Crippen LogP contribution in [0, 0.1) is 11.8 Å². The highest BCUT2D eigenvalue weighted by atomic mass is 32.1. The Labute approximate surface area is 256 Å². The van der Waals surface area contributed by atoms with E-state index in [1.54, 1.807) is 37.3 Å². The number of benzene rings is 2. The quantitative estimate of drug-likeness (QED) is 0.142. The average molecular weight is 626 g/mol. The van der Waals surface area contributed by atoms with E-state index in [9.17, 15) is 39.9 Å². The van der Waals surface area contributed by atoms with Crippen molar-refractivity contribution in [2.75, 3.05) is 26.5 Å². The van der Waals surface area contributed by atoms with Crippen molar-refractivity contribution in [1.82, 2.24) is 4.90 Å². The lowest BCUT2D eigenvalue weighted by atomic mass is 9.54. The highest BCUT2D eigenvalue weighted by Crippen LogP contribution is 2.56. The van der Waals surface area contributed by atoms with Crippen LogP contribution in [-0.4, -0.2) is 92.0 Å². The summed E-state index contributed by atoms with van der Waals surface area (Å²) in [6, 6.07) is 8.15. The van der Waals surface area contributed by atoms with Gasteiger partial charge in [0.25, 0.3) is 11.1 Å². The van der Waals surface area contributed by atoms with Gasteiger partial charge in [0.2, 0.25) is 5.78 Å². The zero-order valence-corrected chi connectivity index (χ0v) is 24.9. The van der Waals surface area contributed by atoms with E-state index in [0.717, 1.165) is 0 Å². The fraction of sp³-hybridized carbons (Fsp3) is 0.333. The second-order valence-electron chi connectivity index (χ2n) is 11.2. The molecule has 0 bridgehead atoms. The van der Waals surface area contributed by atoms with Gasteiger partial charge in [-0.25, -0.2) is 0 Å². The Balaban J connectivity index is 1.60. The number of hydrogen-bond acceptors (Lipinski definition) is 12. The summed E-state index contributed by atoms with van der Waals surface area (Å²) in [6.07, 6.45) is -1.68. The molecule has 0 aromatic heterocycles. The van der Waals surface area contributed by atoms with E-state index in [0.29, 0.717) is 17.1 Å². The standard InChI is InChI=1S/C30H31N3O10S/c1-11-14-9-10-15(32-29(44)43-13-7-5-12(42-4)6-8-13)22(34)17(14)23(35)18-16(11)24(36)20-21(33(2)3)25(37)19(28(31)40)27(39)30(20,41)26(18)38/h5-11,16,20-21,24,34-36,39,41H,1-4H3,(H2,31,40)(H,32,44)/t11-,16?,20?,21-,24?,30-/m0/s1. The minimum Gasteiger partial charge on any atom is -0.508 e.